The fourth-order valence-corrected chi connectivity index (χ4v) is 3.15. The van der Waals surface area contributed by atoms with Crippen LogP contribution in [-0.4, -0.2) is 19.1 Å². The monoisotopic (exact) mass is 384 g/mol. The smallest absolute Gasteiger partial charge is 0.220 e. The van der Waals surface area contributed by atoms with Crippen molar-refractivity contribution in [1.29, 1.82) is 0 Å². The topological polar surface area (TPSA) is 73.6 Å². The lowest BCUT2D eigenvalue weighted by Crippen LogP contribution is -2.32. The molecule has 152 valence electrons. The van der Waals surface area contributed by atoms with Crippen molar-refractivity contribution in [2.24, 2.45) is 5.92 Å². The molecule has 0 radical (unpaired) electrons. The summed E-state index contributed by atoms with van der Waals surface area (Å²) in [6.45, 7) is 9.21. The Bertz CT molecular complexity index is 774. The van der Waals surface area contributed by atoms with Crippen LogP contribution < -0.4 is 20.5 Å². The number of benzene rings is 2. The molecule has 5 nitrogen and oxygen atoms in total. The fraction of sp³-hybridized carbons (Fsp3) is 0.435. The number of nitrogens with two attached hydrogens (primary N) is 1. The largest absolute Gasteiger partial charge is 0.490 e. The number of carbonyl (C=O) groups is 1. The van der Waals surface area contributed by atoms with E-state index in [4.69, 9.17) is 15.2 Å². The Hall–Kier alpha value is -2.69. The molecule has 0 heterocycles. The summed E-state index contributed by atoms with van der Waals surface area (Å²) in [6, 6.07) is 13.4. The Balaban J connectivity index is 2.11. The minimum atomic E-state index is -0.101. The minimum absolute atomic E-state index is 0.00815. The molecule has 2 aromatic rings. The number of nitrogens with one attached hydrogen (secondary N) is 1. The van der Waals surface area contributed by atoms with E-state index in [0.717, 1.165) is 22.6 Å². The van der Waals surface area contributed by atoms with E-state index < -0.39 is 0 Å². The summed E-state index contributed by atoms with van der Waals surface area (Å²) >= 11 is 0. The average Bonchev–Trinajstić information content (AvgIpc) is 2.67. The van der Waals surface area contributed by atoms with Gasteiger partial charge in [0.2, 0.25) is 5.91 Å². The highest BCUT2D eigenvalue weighted by molar-refractivity contribution is 5.77. The maximum absolute atomic E-state index is 12.6. The lowest BCUT2D eigenvalue weighted by molar-refractivity contribution is -0.122. The number of amides is 1. The molecule has 2 aromatic carbocycles. The van der Waals surface area contributed by atoms with Gasteiger partial charge < -0.3 is 20.5 Å². The Morgan fingerprint density at radius 3 is 2.36 bits per heavy atom. The maximum atomic E-state index is 12.6. The van der Waals surface area contributed by atoms with Crippen LogP contribution in [0.4, 0.5) is 5.69 Å². The van der Waals surface area contributed by atoms with Gasteiger partial charge in [-0.3, -0.25) is 4.79 Å². The van der Waals surface area contributed by atoms with Crippen LogP contribution >= 0.6 is 0 Å². The Morgan fingerprint density at radius 2 is 1.71 bits per heavy atom. The number of hydrogen-bond acceptors (Lipinski definition) is 4. The van der Waals surface area contributed by atoms with Gasteiger partial charge in [-0.25, -0.2) is 0 Å². The van der Waals surface area contributed by atoms with Crippen LogP contribution in [0.3, 0.4) is 0 Å². The van der Waals surface area contributed by atoms with Gasteiger partial charge in [-0.1, -0.05) is 38.1 Å². The maximum Gasteiger partial charge on any atom is 0.220 e. The summed E-state index contributed by atoms with van der Waals surface area (Å²) in [5, 5.41) is 3.17. The Kier molecular flexibility index (Phi) is 8.18. The molecule has 0 spiro atoms. The third-order valence-corrected chi connectivity index (χ3v) is 4.59. The normalized spacial score (nSPS) is 11.9. The summed E-state index contributed by atoms with van der Waals surface area (Å²) in [7, 11) is 0. The SMILES string of the molecule is CCOc1ccc(C(NC(=O)CCc2ccccc2N)C(C)C)cc1OCC. The summed E-state index contributed by atoms with van der Waals surface area (Å²) in [5.41, 5.74) is 8.71. The molecule has 0 saturated heterocycles. The molecule has 2 rings (SSSR count). The van der Waals surface area contributed by atoms with Crippen molar-refractivity contribution in [2.75, 3.05) is 18.9 Å². The van der Waals surface area contributed by atoms with Gasteiger partial charge in [0.1, 0.15) is 0 Å². The molecule has 0 saturated carbocycles. The molecule has 5 heteroatoms. The molecule has 0 fully saturated rings. The summed E-state index contributed by atoms with van der Waals surface area (Å²) in [4.78, 5) is 12.6. The highest BCUT2D eigenvalue weighted by atomic mass is 16.5. The van der Waals surface area contributed by atoms with E-state index >= 15 is 0 Å². The molecule has 1 atom stereocenters. The second-order valence-corrected chi connectivity index (χ2v) is 7.06. The number of ether oxygens (including phenoxy) is 2. The van der Waals surface area contributed by atoms with Gasteiger partial charge >= 0.3 is 0 Å². The standard InChI is InChI=1S/C23H32N2O3/c1-5-27-20-13-11-18(15-21(20)28-6-2)23(16(3)4)25-22(26)14-12-17-9-7-8-10-19(17)24/h7-11,13,15-16,23H,5-6,12,14,24H2,1-4H3,(H,25,26). The van der Waals surface area contributed by atoms with Crippen molar-refractivity contribution < 1.29 is 14.3 Å². The van der Waals surface area contributed by atoms with Crippen LogP contribution in [0, 0.1) is 5.92 Å². The number of hydrogen-bond donors (Lipinski definition) is 2. The van der Waals surface area contributed by atoms with E-state index in [2.05, 4.69) is 19.2 Å². The highest BCUT2D eigenvalue weighted by Gasteiger charge is 2.20. The van der Waals surface area contributed by atoms with E-state index in [0.29, 0.717) is 31.8 Å². The van der Waals surface area contributed by atoms with Gasteiger partial charge in [-0.15, -0.1) is 0 Å². The van der Waals surface area contributed by atoms with E-state index in [1.807, 2.05) is 56.3 Å². The molecule has 1 amide bonds. The van der Waals surface area contributed by atoms with Crippen LogP contribution in [0.25, 0.3) is 0 Å². The average molecular weight is 385 g/mol. The molecular formula is C23H32N2O3. The van der Waals surface area contributed by atoms with Gasteiger partial charge in [0.05, 0.1) is 19.3 Å². The van der Waals surface area contributed by atoms with Crippen molar-refractivity contribution >= 4 is 11.6 Å². The molecule has 0 bridgehead atoms. The molecule has 0 aliphatic rings. The van der Waals surface area contributed by atoms with Gasteiger partial charge in [-0.05, 0) is 55.5 Å². The number of rotatable bonds is 10. The van der Waals surface area contributed by atoms with E-state index in [1.165, 1.54) is 0 Å². The van der Waals surface area contributed by atoms with Crippen LogP contribution in [-0.2, 0) is 11.2 Å². The number of anilines is 1. The Morgan fingerprint density at radius 1 is 1.04 bits per heavy atom. The lowest BCUT2D eigenvalue weighted by atomic mass is 9.95. The van der Waals surface area contributed by atoms with Crippen molar-refractivity contribution in [3.63, 3.8) is 0 Å². The number of nitrogen functional groups attached to an aromatic ring is 1. The predicted octanol–water partition coefficient (Wildman–Crippen LogP) is 4.51. The zero-order valence-corrected chi connectivity index (χ0v) is 17.3. The second-order valence-electron chi connectivity index (χ2n) is 7.06. The van der Waals surface area contributed by atoms with Crippen molar-refractivity contribution in [3.8, 4) is 11.5 Å². The zero-order chi connectivity index (χ0) is 20.5. The molecule has 0 aliphatic carbocycles. The Labute approximate surface area is 168 Å². The third kappa shape index (κ3) is 5.91. The van der Waals surface area contributed by atoms with Crippen molar-refractivity contribution in [1.82, 2.24) is 5.32 Å². The molecule has 0 aromatic heterocycles. The van der Waals surface area contributed by atoms with Crippen LogP contribution in [0.5, 0.6) is 11.5 Å². The van der Waals surface area contributed by atoms with Crippen molar-refractivity contribution in [3.05, 3.63) is 53.6 Å². The van der Waals surface area contributed by atoms with E-state index in [-0.39, 0.29) is 17.9 Å². The minimum Gasteiger partial charge on any atom is -0.490 e. The summed E-state index contributed by atoms with van der Waals surface area (Å²) in [5.74, 6) is 1.67. The first-order chi connectivity index (χ1) is 13.5. The van der Waals surface area contributed by atoms with E-state index in [1.54, 1.807) is 0 Å². The molecule has 28 heavy (non-hydrogen) atoms. The number of aryl methyl sites for hydroxylation is 1. The first-order valence-corrected chi connectivity index (χ1v) is 9.98. The molecule has 1 unspecified atom stereocenters. The third-order valence-electron chi connectivity index (χ3n) is 4.59. The number of para-hydroxylation sites is 1. The predicted molar refractivity (Wildman–Crippen MR) is 114 cm³/mol. The van der Waals surface area contributed by atoms with Gasteiger partial charge in [0.25, 0.3) is 0 Å². The van der Waals surface area contributed by atoms with Crippen molar-refractivity contribution in [2.45, 2.75) is 46.6 Å². The van der Waals surface area contributed by atoms with Gasteiger partial charge in [-0.2, -0.15) is 0 Å². The van der Waals surface area contributed by atoms with Crippen LogP contribution in [0.15, 0.2) is 42.5 Å². The summed E-state index contributed by atoms with van der Waals surface area (Å²) < 4.78 is 11.4. The fourth-order valence-electron chi connectivity index (χ4n) is 3.15. The first kappa shape index (κ1) is 21.6. The molecule has 0 aliphatic heterocycles. The number of carbonyl (C=O) groups excluding carboxylic acids is 1. The van der Waals surface area contributed by atoms with Gasteiger partial charge in [0.15, 0.2) is 11.5 Å². The van der Waals surface area contributed by atoms with E-state index in [9.17, 15) is 4.79 Å². The molecular weight excluding hydrogens is 352 g/mol. The summed E-state index contributed by atoms with van der Waals surface area (Å²) in [6.07, 6.45) is 1.02. The molecule has 3 N–H and O–H groups in total. The lowest BCUT2D eigenvalue weighted by Gasteiger charge is -2.24. The van der Waals surface area contributed by atoms with Crippen LogP contribution in [0.2, 0.25) is 0 Å². The second kappa shape index (κ2) is 10.6. The quantitative estimate of drug-likeness (QED) is 0.591. The van der Waals surface area contributed by atoms with Gasteiger partial charge in [0, 0.05) is 12.1 Å². The zero-order valence-electron chi connectivity index (χ0n) is 17.3. The highest BCUT2D eigenvalue weighted by Crippen LogP contribution is 2.33. The van der Waals surface area contributed by atoms with Crippen LogP contribution in [0.1, 0.15) is 51.3 Å². The first-order valence-electron chi connectivity index (χ1n) is 9.98.